The van der Waals surface area contributed by atoms with E-state index < -0.39 is 37.0 Å². The van der Waals surface area contributed by atoms with Crippen molar-refractivity contribution >= 4 is 101 Å². The number of carboxylic acid groups (broad SMARTS) is 2. The summed E-state index contributed by atoms with van der Waals surface area (Å²) in [5.74, 6) is 0. The fourth-order valence-corrected chi connectivity index (χ4v) is 0. The second-order valence-electron chi connectivity index (χ2n) is 0.384. The summed E-state index contributed by atoms with van der Waals surface area (Å²) in [6, 6.07) is 0. The van der Waals surface area contributed by atoms with Crippen molar-refractivity contribution in [3.63, 3.8) is 0 Å². The van der Waals surface area contributed by atoms with Crippen LogP contribution in [0.5, 0.6) is 0 Å². The zero-order valence-electron chi connectivity index (χ0n) is 3.27. The van der Waals surface area contributed by atoms with E-state index in [-0.39, 0.29) is 51.4 Å². The van der Waals surface area contributed by atoms with Gasteiger partial charge in [-0.3, -0.25) is 0 Å². The van der Waals surface area contributed by atoms with Crippen molar-refractivity contribution in [2.24, 2.45) is 0 Å². The Hall–Kier alpha value is 2.75. The van der Waals surface area contributed by atoms with Gasteiger partial charge in [-0.05, 0) is 0 Å². The molecule has 0 fully saturated rings. The zero-order valence-corrected chi connectivity index (χ0v) is 6.99. The molecule has 0 bridgehead atoms. The Morgan fingerprint density at radius 3 is 1.38 bits per heavy atom. The summed E-state index contributed by atoms with van der Waals surface area (Å²) in [6.45, 7) is 0. The van der Waals surface area contributed by atoms with Crippen LogP contribution in [0.3, 0.4) is 0 Å². The van der Waals surface area contributed by atoms with Gasteiger partial charge >= 0.3 is 101 Å². The Kier molecular flexibility index (Phi) is 34.8. The molecule has 3 nitrogen and oxygen atoms in total. The Balaban J connectivity index is -0.0000000575. The fourth-order valence-electron chi connectivity index (χ4n) is 0. The molecule has 0 unspecified atom stereocenters. The molecule has 0 saturated carbocycles. The predicted octanol–water partition coefficient (Wildman–Crippen LogP) is 0.572. The van der Waals surface area contributed by atoms with E-state index >= 15 is 0 Å². The molecular formula is CH3CaCl2KO3. The normalized spacial score (nSPS) is 4.25. The number of hydrogen-bond acceptors (Lipinski definition) is 1. The quantitative estimate of drug-likeness (QED) is 0.578. The van der Waals surface area contributed by atoms with Crippen LogP contribution in [0, 0.1) is 0 Å². The third-order valence-electron chi connectivity index (χ3n) is 0. The molecule has 0 saturated heterocycles. The van der Waals surface area contributed by atoms with Crippen LogP contribution in [-0.2, 0) is 0 Å². The third-order valence-corrected chi connectivity index (χ3v) is 0. The molecule has 7 heteroatoms. The summed E-state index contributed by atoms with van der Waals surface area (Å²) in [5.41, 5.74) is 0. The van der Waals surface area contributed by atoms with Gasteiger partial charge in [-0.1, -0.05) is 0 Å². The Morgan fingerprint density at radius 2 is 1.38 bits per heavy atom. The molecule has 0 aliphatic heterocycles. The molecule has 2 N–H and O–H groups in total. The van der Waals surface area contributed by atoms with E-state index in [1.807, 2.05) is 0 Å². The summed E-state index contributed by atoms with van der Waals surface area (Å²) in [5, 5.41) is 13.9. The number of halogens is 2. The monoisotopic (exact) mass is 212 g/mol. The molecule has 0 rings (SSSR count). The van der Waals surface area contributed by atoms with Crippen molar-refractivity contribution in [1.29, 1.82) is 0 Å². The van der Waals surface area contributed by atoms with Gasteiger partial charge < -0.3 is 10.2 Å². The van der Waals surface area contributed by atoms with E-state index in [2.05, 4.69) is 0 Å². The van der Waals surface area contributed by atoms with Gasteiger partial charge in [-0.2, -0.15) is 0 Å². The van der Waals surface area contributed by atoms with Crippen LogP contribution in [0.1, 0.15) is 0 Å². The van der Waals surface area contributed by atoms with Gasteiger partial charge in [-0.15, -0.1) is 0 Å². The molecule has 0 aliphatic rings. The molecule has 8 heavy (non-hydrogen) atoms. The van der Waals surface area contributed by atoms with Crippen LogP contribution >= 0.6 is 12.8 Å². The molecule has 0 spiro atoms. The molecular weight excluding hydrogens is 210 g/mol. The van der Waals surface area contributed by atoms with E-state index in [1.54, 1.807) is 0 Å². The molecule has 0 atom stereocenters. The van der Waals surface area contributed by atoms with Gasteiger partial charge in [0.05, 0.1) is 0 Å². The summed E-state index contributed by atoms with van der Waals surface area (Å²) in [7, 11) is 0. The van der Waals surface area contributed by atoms with Crippen LogP contribution in [0.2, 0.25) is 0 Å². The molecule has 0 amide bonds. The third kappa shape index (κ3) is 69.6. The second kappa shape index (κ2) is 16.4. The average Bonchev–Trinajstić information content (AvgIpc) is 1.33. The van der Waals surface area contributed by atoms with E-state index in [0.29, 0.717) is 0 Å². The molecule has 0 aromatic carbocycles. The number of rotatable bonds is 0. The van der Waals surface area contributed by atoms with Gasteiger partial charge in [-0.25, -0.2) is 4.79 Å². The average molecular weight is 213 g/mol. The van der Waals surface area contributed by atoms with Crippen LogP contribution in [0.4, 0.5) is 4.79 Å². The Morgan fingerprint density at radius 1 is 1.38 bits per heavy atom. The maximum absolute atomic E-state index is 8.56. The Bertz CT molecular complexity index is 48.5. The first-order valence-electron chi connectivity index (χ1n) is 1.19. The van der Waals surface area contributed by atoms with Crippen LogP contribution in [0.15, 0.2) is 0 Å². The maximum atomic E-state index is 8.56. The van der Waals surface area contributed by atoms with Crippen molar-refractivity contribution in [1.82, 2.24) is 0 Å². The van der Waals surface area contributed by atoms with Gasteiger partial charge in [0.2, 0.25) is 0 Å². The van der Waals surface area contributed by atoms with Crippen molar-refractivity contribution in [2.45, 2.75) is 0 Å². The molecule has 0 aromatic rings. The molecule has 0 aliphatic carbocycles. The van der Waals surface area contributed by atoms with E-state index in [9.17, 15) is 0 Å². The zero-order chi connectivity index (χ0) is 6.28. The molecule has 0 heterocycles. The summed E-state index contributed by atoms with van der Waals surface area (Å²) in [4.78, 5) is 8.56. The number of carbonyl (C=O) groups is 1. The topological polar surface area (TPSA) is 57.5 Å². The number of hydrogen-bond donors (Lipinski definition) is 2. The van der Waals surface area contributed by atoms with Crippen LogP contribution in [-0.4, -0.2) is 98.6 Å². The van der Waals surface area contributed by atoms with Crippen molar-refractivity contribution in [2.75, 3.05) is 0 Å². The van der Waals surface area contributed by atoms with Gasteiger partial charge in [0.15, 0.2) is 0 Å². The summed E-state index contributed by atoms with van der Waals surface area (Å²) < 4.78 is 0. The van der Waals surface area contributed by atoms with Gasteiger partial charge in [0.25, 0.3) is 0 Å². The SMILES string of the molecule is O=C(O)O.[Cl][Ca][Cl].[KH]. The van der Waals surface area contributed by atoms with Crippen molar-refractivity contribution < 1.29 is 15.0 Å². The fraction of sp³-hybridized carbons (Fsp3) is 0. The van der Waals surface area contributed by atoms with Crippen molar-refractivity contribution in [3.8, 4) is 0 Å². The van der Waals surface area contributed by atoms with E-state index in [1.165, 1.54) is 0 Å². The first-order valence-corrected chi connectivity index (χ1v) is 7.26. The first-order chi connectivity index (χ1) is 3.15. The van der Waals surface area contributed by atoms with Crippen LogP contribution < -0.4 is 0 Å². The standard InChI is InChI=1S/CH2O3.Ca.2ClH.K.H/c2-1(3)4;;;;;/h(H2,2,3,4);;2*1H;;/q;+2;;;;/p-2. The molecule has 0 radical (unpaired) electrons. The second-order valence-corrected chi connectivity index (χ2v) is 4.03. The van der Waals surface area contributed by atoms with E-state index in [0.717, 1.165) is 0 Å². The minimum atomic E-state index is -1.83. The molecule has 42 valence electrons. The summed E-state index contributed by atoms with van der Waals surface area (Å²) >= 11 is -0.931. The van der Waals surface area contributed by atoms with Crippen LogP contribution in [0.25, 0.3) is 0 Å². The predicted molar refractivity (Wildman–Crippen MR) is 35.3 cm³/mol. The van der Waals surface area contributed by atoms with Gasteiger partial charge in [0, 0.05) is 0 Å². The van der Waals surface area contributed by atoms with Crippen molar-refractivity contribution in [3.05, 3.63) is 0 Å². The minimum absolute atomic E-state index is 0. The molecule has 0 aromatic heterocycles. The van der Waals surface area contributed by atoms with Gasteiger partial charge in [0.1, 0.15) is 0 Å². The summed E-state index contributed by atoms with van der Waals surface area (Å²) in [6.07, 6.45) is 8.07. The first kappa shape index (κ1) is 17.0. The van der Waals surface area contributed by atoms with E-state index in [4.69, 9.17) is 27.8 Å². The Labute approximate surface area is 113 Å².